The van der Waals surface area contributed by atoms with Crippen molar-refractivity contribution >= 4 is 21.7 Å². The van der Waals surface area contributed by atoms with E-state index in [0.717, 1.165) is 31.2 Å². The Bertz CT molecular complexity index is 493. The van der Waals surface area contributed by atoms with Gasteiger partial charge < -0.3 is 4.74 Å². The topological polar surface area (TPSA) is 26.3 Å². The number of ether oxygens (including phenoxy) is 1. The molecule has 0 atom stereocenters. The van der Waals surface area contributed by atoms with E-state index < -0.39 is 5.60 Å². The van der Waals surface area contributed by atoms with Gasteiger partial charge in [0.15, 0.2) is 5.78 Å². The summed E-state index contributed by atoms with van der Waals surface area (Å²) in [7, 11) is 1.62. The molecule has 0 radical (unpaired) electrons. The summed E-state index contributed by atoms with van der Waals surface area (Å²) < 4.78 is 19.3. The van der Waals surface area contributed by atoms with Crippen LogP contribution in [0.15, 0.2) is 22.7 Å². The zero-order valence-corrected chi connectivity index (χ0v) is 13.5. The molecule has 0 aromatic heterocycles. The number of benzene rings is 1. The lowest BCUT2D eigenvalue weighted by atomic mass is 9.76. The normalized spacial score (nSPS) is 26.5. The molecule has 0 spiro atoms. The maximum atomic E-state index is 13.1. The van der Waals surface area contributed by atoms with Gasteiger partial charge in [0.05, 0.1) is 0 Å². The number of carbonyl (C=O) groups excluding carboxylic acids is 1. The fourth-order valence-corrected chi connectivity index (χ4v) is 3.32. The first-order valence-corrected chi connectivity index (χ1v) is 7.78. The lowest BCUT2D eigenvalue weighted by molar-refractivity contribution is -0.145. The summed E-state index contributed by atoms with van der Waals surface area (Å²) in [6.45, 7) is 2.21. The Morgan fingerprint density at radius 1 is 1.45 bits per heavy atom. The van der Waals surface area contributed by atoms with Crippen LogP contribution in [-0.2, 0) is 16.0 Å². The predicted octanol–water partition coefficient (Wildman–Crippen LogP) is 4.30. The summed E-state index contributed by atoms with van der Waals surface area (Å²) >= 11 is 3.32. The van der Waals surface area contributed by atoms with Crippen molar-refractivity contribution in [3.8, 4) is 0 Å². The largest absolute Gasteiger partial charge is 0.370 e. The van der Waals surface area contributed by atoms with Crippen molar-refractivity contribution in [3.05, 3.63) is 34.1 Å². The average Bonchev–Trinajstić information content (AvgIpc) is 2.43. The van der Waals surface area contributed by atoms with Crippen LogP contribution in [0.2, 0.25) is 0 Å². The van der Waals surface area contributed by atoms with E-state index in [9.17, 15) is 9.18 Å². The Labute approximate surface area is 127 Å². The minimum atomic E-state index is -0.652. The van der Waals surface area contributed by atoms with Gasteiger partial charge in [-0.25, -0.2) is 4.39 Å². The summed E-state index contributed by atoms with van der Waals surface area (Å²) in [6.07, 6.45) is 3.88. The molecule has 1 fully saturated rings. The number of hydrogen-bond donors (Lipinski definition) is 0. The second-order valence-corrected chi connectivity index (χ2v) is 6.57. The number of carbonyl (C=O) groups is 1. The minimum Gasteiger partial charge on any atom is -0.370 e. The van der Waals surface area contributed by atoms with Gasteiger partial charge in [0.1, 0.15) is 11.4 Å². The zero-order chi connectivity index (χ0) is 14.8. The summed E-state index contributed by atoms with van der Waals surface area (Å²) in [4.78, 5) is 12.6. The molecule has 20 heavy (non-hydrogen) atoms. The van der Waals surface area contributed by atoms with Gasteiger partial charge >= 0.3 is 0 Å². The van der Waals surface area contributed by atoms with Gasteiger partial charge in [-0.3, -0.25) is 4.79 Å². The Balaban J connectivity index is 2.13. The lowest BCUT2D eigenvalue weighted by Crippen LogP contribution is -2.44. The van der Waals surface area contributed by atoms with E-state index in [-0.39, 0.29) is 18.0 Å². The maximum absolute atomic E-state index is 13.1. The van der Waals surface area contributed by atoms with Crippen LogP contribution in [0.4, 0.5) is 4.39 Å². The molecule has 0 heterocycles. The first-order valence-electron chi connectivity index (χ1n) is 6.99. The summed E-state index contributed by atoms with van der Waals surface area (Å²) in [5.74, 6) is 0.448. The van der Waals surface area contributed by atoms with E-state index in [2.05, 4.69) is 22.9 Å². The van der Waals surface area contributed by atoms with Gasteiger partial charge in [-0.1, -0.05) is 28.9 Å². The average molecular weight is 343 g/mol. The number of methoxy groups -OCH3 is 1. The van der Waals surface area contributed by atoms with Gasteiger partial charge in [0.25, 0.3) is 0 Å². The molecule has 2 rings (SSSR count). The second kappa shape index (κ2) is 6.35. The van der Waals surface area contributed by atoms with Gasteiger partial charge in [-0.05, 0) is 49.3 Å². The van der Waals surface area contributed by atoms with E-state index in [4.69, 9.17) is 4.74 Å². The third kappa shape index (κ3) is 3.29. The molecule has 4 heteroatoms. The van der Waals surface area contributed by atoms with E-state index in [0.29, 0.717) is 10.4 Å². The summed E-state index contributed by atoms with van der Waals surface area (Å²) in [6, 6.07) is 4.44. The van der Waals surface area contributed by atoms with Gasteiger partial charge in [-0.2, -0.15) is 0 Å². The van der Waals surface area contributed by atoms with Crippen LogP contribution in [0.25, 0.3) is 0 Å². The van der Waals surface area contributed by atoms with Crippen LogP contribution >= 0.6 is 15.9 Å². The van der Waals surface area contributed by atoms with Gasteiger partial charge in [0.2, 0.25) is 0 Å². The second-order valence-electron chi connectivity index (χ2n) is 5.72. The van der Waals surface area contributed by atoms with Crippen molar-refractivity contribution < 1.29 is 13.9 Å². The van der Waals surface area contributed by atoms with Crippen LogP contribution in [-0.4, -0.2) is 18.5 Å². The maximum Gasteiger partial charge on any atom is 0.168 e. The number of hydrogen-bond acceptors (Lipinski definition) is 2. The first kappa shape index (κ1) is 15.6. The molecule has 0 bridgehead atoms. The van der Waals surface area contributed by atoms with Crippen LogP contribution in [0.5, 0.6) is 0 Å². The third-order valence-corrected chi connectivity index (χ3v) is 5.09. The summed E-state index contributed by atoms with van der Waals surface area (Å²) in [5.41, 5.74) is 0.159. The SMILES string of the molecule is COC1(C(=O)Cc2ccc(F)cc2Br)CCC(C)CC1. The molecule has 0 aliphatic heterocycles. The molecule has 0 saturated heterocycles. The molecule has 1 aliphatic carbocycles. The molecule has 1 aromatic carbocycles. The molecule has 1 aliphatic rings. The van der Waals surface area contributed by atoms with Gasteiger partial charge in [-0.15, -0.1) is 0 Å². The number of Topliss-reactive ketones (excluding diaryl/α,β-unsaturated/α-hetero) is 1. The molecule has 0 N–H and O–H groups in total. The zero-order valence-electron chi connectivity index (χ0n) is 11.9. The molecule has 2 nitrogen and oxygen atoms in total. The van der Waals surface area contributed by atoms with E-state index >= 15 is 0 Å². The number of halogens is 2. The minimum absolute atomic E-state index is 0.0965. The predicted molar refractivity (Wildman–Crippen MR) is 80.2 cm³/mol. The fraction of sp³-hybridized carbons (Fsp3) is 0.562. The molecular weight excluding hydrogens is 323 g/mol. The van der Waals surface area contributed by atoms with Crippen molar-refractivity contribution in [3.63, 3.8) is 0 Å². The quantitative estimate of drug-likeness (QED) is 0.815. The van der Waals surface area contributed by atoms with Crippen LogP contribution in [0.1, 0.15) is 38.2 Å². The van der Waals surface area contributed by atoms with Crippen molar-refractivity contribution in [1.82, 2.24) is 0 Å². The standard InChI is InChI=1S/C16H20BrFO2/c1-11-5-7-16(20-2,8-6-11)15(19)9-12-3-4-13(18)10-14(12)17/h3-4,10-11H,5-9H2,1-2H3. The van der Waals surface area contributed by atoms with Crippen LogP contribution in [0.3, 0.4) is 0 Å². The Morgan fingerprint density at radius 2 is 2.10 bits per heavy atom. The highest BCUT2D eigenvalue weighted by atomic mass is 79.9. The Kier molecular flexibility index (Phi) is 4.97. The lowest BCUT2D eigenvalue weighted by Gasteiger charge is -2.37. The highest BCUT2D eigenvalue weighted by Crippen LogP contribution is 2.36. The fourth-order valence-electron chi connectivity index (χ4n) is 2.82. The van der Waals surface area contributed by atoms with E-state index in [1.165, 1.54) is 12.1 Å². The smallest absolute Gasteiger partial charge is 0.168 e. The van der Waals surface area contributed by atoms with Crippen molar-refractivity contribution in [2.45, 2.75) is 44.6 Å². The number of ketones is 1. The molecule has 0 amide bonds. The van der Waals surface area contributed by atoms with Crippen molar-refractivity contribution in [2.75, 3.05) is 7.11 Å². The van der Waals surface area contributed by atoms with Crippen LogP contribution < -0.4 is 0 Å². The van der Waals surface area contributed by atoms with E-state index in [1.807, 2.05) is 0 Å². The van der Waals surface area contributed by atoms with Crippen LogP contribution in [0, 0.1) is 11.7 Å². The van der Waals surface area contributed by atoms with Crippen molar-refractivity contribution in [1.29, 1.82) is 0 Å². The summed E-state index contributed by atoms with van der Waals surface area (Å²) in [5, 5.41) is 0. The molecule has 1 aromatic rings. The van der Waals surface area contributed by atoms with Gasteiger partial charge in [0, 0.05) is 18.0 Å². The molecule has 110 valence electrons. The van der Waals surface area contributed by atoms with E-state index in [1.54, 1.807) is 13.2 Å². The first-order chi connectivity index (χ1) is 9.47. The number of rotatable bonds is 4. The highest BCUT2D eigenvalue weighted by Gasteiger charge is 2.40. The third-order valence-electron chi connectivity index (χ3n) is 4.35. The van der Waals surface area contributed by atoms with Crippen molar-refractivity contribution in [2.24, 2.45) is 5.92 Å². The monoisotopic (exact) mass is 342 g/mol. The Morgan fingerprint density at radius 3 is 2.65 bits per heavy atom. The molecule has 0 unspecified atom stereocenters. The molecular formula is C16H20BrFO2. The molecule has 1 saturated carbocycles. The highest BCUT2D eigenvalue weighted by molar-refractivity contribution is 9.10. The Hall–Kier alpha value is -0.740.